The summed E-state index contributed by atoms with van der Waals surface area (Å²) in [5, 5.41) is 13.9. The van der Waals surface area contributed by atoms with Crippen LogP contribution >= 0.6 is 11.3 Å². The van der Waals surface area contributed by atoms with E-state index in [1.807, 2.05) is 41.7 Å². The number of fused-ring (bicyclic) bond motifs is 1. The Labute approximate surface area is 222 Å². The van der Waals surface area contributed by atoms with Gasteiger partial charge in [0.05, 0.1) is 28.5 Å². The van der Waals surface area contributed by atoms with Crippen LogP contribution in [0.2, 0.25) is 0 Å². The van der Waals surface area contributed by atoms with E-state index < -0.39 is 0 Å². The normalized spacial score (nSPS) is 15.1. The van der Waals surface area contributed by atoms with Crippen molar-refractivity contribution < 1.29 is 4.79 Å². The molecule has 7 nitrogen and oxygen atoms in total. The number of aromatic nitrogens is 2. The van der Waals surface area contributed by atoms with E-state index in [2.05, 4.69) is 64.1 Å². The molecule has 1 saturated heterocycles. The highest BCUT2D eigenvalue weighted by atomic mass is 32.1. The predicted molar refractivity (Wildman–Crippen MR) is 148 cm³/mol. The molecular weight excluding hydrogens is 480 g/mol. The minimum Gasteiger partial charge on any atom is -0.335 e. The van der Waals surface area contributed by atoms with Gasteiger partial charge in [-0.15, -0.1) is 11.3 Å². The van der Waals surface area contributed by atoms with Gasteiger partial charge in [-0.25, -0.2) is 4.98 Å². The molecule has 37 heavy (non-hydrogen) atoms. The molecule has 1 amide bonds. The summed E-state index contributed by atoms with van der Waals surface area (Å²) in [7, 11) is 2.10. The number of thiophene rings is 1. The van der Waals surface area contributed by atoms with Crippen molar-refractivity contribution >= 4 is 27.3 Å². The number of hydrogen-bond acceptors (Lipinski definition) is 6. The third-order valence-corrected chi connectivity index (χ3v) is 8.22. The Morgan fingerprint density at radius 1 is 1.14 bits per heavy atom. The molecule has 0 bridgehead atoms. The van der Waals surface area contributed by atoms with Crippen molar-refractivity contribution in [2.24, 2.45) is 0 Å². The zero-order valence-electron chi connectivity index (χ0n) is 21.4. The number of amides is 1. The summed E-state index contributed by atoms with van der Waals surface area (Å²) >= 11 is 1.59. The Hall–Kier alpha value is -3.51. The maximum Gasteiger partial charge on any atom is 0.264 e. The summed E-state index contributed by atoms with van der Waals surface area (Å²) < 4.78 is 3.29. The van der Waals surface area contributed by atoms with E-state index in [0.29, 0.717) is 18.7 Å². The number of benzene rings is 2. The summed E-state index contributed by atoms with van der Waals surface area (Å²) in [6.45, 7) is 7.03. The minimum absolute atomic E-state index is 0.150. The lowest BCUT2D eigenvalue weighted by molar-refractivity contribution is 0.0669. The monoisotopic (exact) mass is 512 g/mol. The topological polar surface area (TPSA) is 77.2 Å². The van der Waals surface area contributed by atoms with E-state index in [-0.39, 0.29) is 11.9 Å². The fourth-order valence-corrected chi connectivity index (χ4v) is 5.81. The van der Waals surface area contributed by atoms with E-state index in [4.69, 9.17) is 5.26 Å². The molecule has 1 unspecified atom stereocenters. The Kier molecular flexibility index (Phi) is 7.65. The highest BCUT2D eigenvalue weighted by Crippen LogP contribution is 2.30. The van der Waals surface area contributed by atoms with Crippen molar-refractivity contribution in [3.63, 3.8) is 0 Å². The van der Waals surface area contributed by atoms with E-state index in [1.54, 1.807) is 11.3 Å². The number of piperazine rings is 1. The molecule has 1 fully saturated rings. The number of likely N-dealkylation sites (N-methyl/N-ethyl adjacent to an activating group) is 1. The van der Waals surface area contributed by atoms with Gasteiger partial charge in [0, 0.05) is 56.2 Å². The van der Waals surface area contributed by atoms with Gasteiger partial charge >= 0.3 is 0 Å². The van der Waals surface area contributed by atoms with Crippen LogP contribution in [-0.2, 0) is 13.1 Å². The summed E-state index contributed by atoms with van der Waals surface area (Å²) in [5.74, 6) is 0.150. The molecule has 0 aliphatic carbocycles. The molecule has 8 heteroatoms. The molecule has 1 atom stereocenters. The van der Waals surface area contributed by atoms with Crippen LogP contribution in [0.15, 0.2) is 61.1 Å². The van der Waals surface area contributed by atoms with E-state index in [9.17, 15) is 4.79 Å². The van der Waals surface area contributed by atoms with E-state index in [1.165, 1.54) is 5.56 Å². The average molecular weight is 513 g/mol. The first-order valence-electron chi connectivity index (χ1n) is 12.8. The Bertz CT molecular complexity index is 1410. The SMILES string of the molecule is CCC(NCc1cncn1Cc1ccc(C#N)cc1)c1ccc2sc(C(=O)N3CCN(C)CC3)cc2c1. The Balaban J connectivity index is 1.26. The maximum atomic E-state index is 13.1. The molecular formula is C29H32N6OS. The number of carbonyl (C=O) groups excluding carboxylic acids is 1. The van der Waals surface area contributed by atoms with Crippen molar-refractivity contribution in [2.75, 3.05) is 33.2 Å². The zero-order chi connectivity index (χ0) is 25.8. The standard InChI is InChI=1S/C29H32N6OS/c1-3-26(32-18-25-17-31-20-35(25)19-22-6-4-21(16-30)5-7-22)23-8-9-27-24(14-23)15-28(37-27)29(36)34-12-10-33(2)11-13-34/h4-9,14-15,17,20,26,32H,3,10-13,18-19H2,1-2H3. The van der Waals surface area contributed by atoms with Gasteiger partial charge in [0.2, 0.25) is 0 Å². The molecule has 2 aromatic carbocycles. The molecule has 2 aromatic heterocycles. The van der Waals surface area contributed by atoms with Gasteiger partial charge in [0.1, 0.15) is 0 Å². The van der Waals surface area contributed by atoms with Crippen LogP contribution in [0.4, 0.5) is 0 Å². The van der Waals surface area contributed by atoms with Gasteiger partial charge in [-0.1, -0.05) is 25.1 Å². The van der Waals surface area contributed by atoms with Gasteiger partial charge < -0.3 is 19.7 Å². The molecule has 1 aliphatic heterocycles. The summed E-state index contributed by atoms with van der Waals surface area (Å²) in [5.41, 5.74) is 4.14. The summed E-state index contributed by atoms with van der Waals surface area (Å²) in [4.78, 5) is 22.5. The third kappa shape index (κ3) is 5.75. The number of carbonyl (C=O) groups is 1. The van der Waals surface area contributed by atoms with Crippen LogP contribution < -0.4 is 5.32 Å². The van der Waals surface area contributed by atoms with Gasteiger partial charge in [-0.3, -0.25) is 4.79 Å². The number of nitrogens with one attached hydrogen (secondary N) is 1. The molecule has 0 spiro atoms. The molecule has 5 rings (SSSR count). The van der Waals surface area contributed by atoms with E-state index >= 15 is 0 Å². The maximum absolute atomic E-state index is 13.1. The minimum atomic E-state index is 0.150. The molecule has 0 radical (unpaired) electrons. The Morgan fingerprint density at radius 2 is 1.92 bits per heavy atom. The first kappa shape index (κ1) is 25.2. The molecule has 190 valence electrons. The second kappa shape index (κ2) is 11.3. The van der Waals surface area contributed by atoms with Crippen molar-refractivity contribution in [1.29, 1.82) is 5.26 Å². The van der Waals surface area contributed by atoms with Gasteiger partial charge in [0.15, 0.2) is 0 Å². The molecule has 1 N–H and O–H groups in total. The number of hydrogen-bond donors (Lipinski definition) is 1. The van der Waals surface area contributed by atoms with Crippen molar-refractivity contribution in [1.82, 2.24) is 24.7 Å². The highest BCUT2D eigenvalue weighted by molar-refractivity contribution is 7.20. The lowest BCUT2D eigenvalue weighted by Gasteiger charge is -2.32. The Morgan fingerprint density at radius 3 is 2.65 bits per heavy atom. The smallest absolute Gasteiger partial charge is 0.264 e. The van der Waals surface area contributed by atoms with Gasteiger partial charge in [-0.05, 0) is 60.3 Å². The van der Waals surface area contributed by atoms with Gasteiger partial charge in [0.25, 0.3) is 5.91 Å². The number of imidazole rings is 1. The second-order valence-corrected chi connectivity index (χ2v) is 10.8. The first-order chi connectivity index (χ1) is 18.0. The summed E-state index contributed by atoms with van der Waals surface area (Å²) in [6, 6.07) is 18.6. The quantitative estimate of drug-likeness (QED) is 0.372. The molecule has 3 heterocycles. The number of rotatable bonds is 8. The van der Waals surface area contributed by atoms with Crippen LogP contribution in [0.25, 0.3) is 10.1 Å². The predicted octanol–water partition coefficient (Wildman–Crippen LogP) is 4.65. The largest absolute Gasteiger partial charge is 0.335 e. The average Bonchev–Trinajstić information content (AvgIpc) is 3.56. The van der Waals surface area contributed by atoms with Crippen LogP contribution in [0.5, 0.6) is 0 Å². The lowest BCUT2D eigenvalue weighted by atomic mass is 10.0. The highest BCUT2D eigenvalue weighted by Gasteiger charge is 2.22. The number of nitrogens with zero attached hydrogens (tertiary/aromatic N) is 5. The van der Waals surface area contributed by atoms with Crippen molar-refractivity contribution in [3.8, 4) is 6.07 Å². The molecule has 4 aromatic rings. The van der Waals surface area contributed by atoms with Crippen LogP contribution in [-0.4, -0.2) is 58.5 Å². The number of nitriles is 1. The fourth-order valence-electron chi connectivity index (χ4n) is 4.79. The molecule has 0 saturated carbocycles. The zero-order valence-corrected chi connectivity index (χ0v) is 22.2. The third-order valence-electron chi connectivity index (χ3n) is 7.12. The van der Waals surface area contributed by atoms with Crippen molar-refractivity contribution in [3.05, 3.63) is 88.3 Å². The van der Waals surface area contributed by atoms with Crippen LogP contribution in [0.3, 0.4) is 0 Å². The van der Waals surface area contributed by atoms with Crippen molar-refractivity contribution in [2.45, 2.75) is 32.5 Å². The van der Waals surface area contributed by atoms with Gasteiger partial charge in [-0.2, -0.15) is 5.26 Å². The van der Waals surface area contributed by atoms with E-state index in [0.717, 1.165) is 58.8 Å². The summed E-state index contributed by atoms with van der Waals surface area (Å²) in [6.07, 6.45) is 4.71. The van der Waals surface area contributed by atoms with Crippen LogP contribution in [0, 0.1) is 11.3 Å². The second-order valence-electron chi connectivity index (χ2n) is 9.67. The first-order valence-corrected chi connectivity index (χ1v) is 13.6. The van der Waals surface area contributed by atoms with Crippen LogP contribution in [0.1, 0.15) is 51.4 Å². The molecule has 1 aliphatic rings. The lowest BCUT2D eigenvalue weighted by Crippen LogP contribution is -2.46. The fraction of sp³-hybridized carbons (Fsp3) is 0.345.